The molecule has 2 unspecified atom stereocenters. The van der Waals surface area contributed by atoms with Crippen LogP contribution >= 0.6 is 0 Å². The molecule has 0 spiro atoms. The van der Waals surface area contributed by atoms with Gasteiger partial charge in [0, 0.05) is 24.2 Å². The number of rotatable bonds is 2. The van der Waals surface area contributed by atoms with Crippen molar-refractivity contribution in [2.75, 3.05) is 50.6 Å². The van der Waals surface area contributed by atoms with Crippen LogP contribution in [0.4, 0.5) is 11.4 Å². The van der Waals surface area contributed by atoms with Gasteiger partial charge in [0.15, 0.2) is 5.78 Å². The van der Waals surface area contributed by atoms with Crippen molar-refractivity contribution in [1.29, 1.82) is 0 Å². The number of likely N-dealkylation sites (N-methyl/N-ethyl adjacent to an activating group) is 1. The largest absolute Gasteiger partial charge is 0.497 e. The summed E-state index contributed by atoms with van der Waals surface area (Å²) >= 11 is 0. The number of aliphatic hydroxyl groups excluding tert-OH is 1. The number of aromatic nitrogens is 1. The van der Waals surface area contributed by atoms with Crippen molar-refractivity contribution in [3.05, 3.63) is 70.0 Å². The third-order valence-electron chi connectivity index (χ3n) is 9.88. The van der Waals surface area contributed by atoms with Gasteiger partial charge in [-0.3, -0.25) is 9.78 Å². The molecule has 3 aliphatic heterocycles. The number of hydrogen-bond acceptors (Lipinski definition) is 6. The van der Waals surface area contributed by atoms with E-state index in [-0.39, 0.29) is 12.4 Å². The van der Waals surface area contributed by atoms with E-state index in [1.165, 1.54) is 29.7 Å². The van der Waals surface area contributed by atoms with Gasteiger partial charge in [-0.05, 0) is 98.2 Å². The fraction of sp³-hybridized carbons (Fsp3) is 0.556. The van der Waals surface area contributed by atoms with E-state index in [1.54, 1.807) is 0 Å². The Morgan fingerprint density at radius 1 is 1.14 bits per heavy atom. The highest BCUT2D eigenvalue weighted by atomic mass is 16.5. The number of anilines is 2. The number of benzene rings is 1. The first-order valence-electron chi connectivity index (χ1n) is 16.3. The van der Waals surface area contributed by atoms with Crippen LogP contribution in [0.25, 0.3) is 5.57 Å². The van der Waals surface area contributed by atoms with Crippen LogP contribution in [-0.2, 0) is 11.3 Å². The first kappa shape index (κ1) is 29.9. The summed E-state index contributed by atoms with van der Waals surface area (Å²) in [5, 5.41) is 13.8. The van der Waals surface area contributed by atoms with Crippen LogP contribution in [0.2, 0.25) is 0 Å². The zero-order valence-electron chi connectivity index (χ0n) is 26.7. The summed E-state index contributed by atoms with van der Waals surface area (Å²) in [6.45, 7) is 10.0. The number of ether oxygens (including phenoxy) is 1. The molecule has 0 radical (unpaired) electrons. The Balaban J connectivity index is 1.33. The zero-order chi connectivity index (χ0) is 30.3. The van der Waals surface area contributed by atoms with Crippen LogP contribution in [0.3, 0.4) is 0 Å². The number of carbonyl (C=O) groups excluding carboxylic acids is 1. The lowest BCUT2D eigenvalue weighted by molar-refractivity contribution is -0.884. The van der Waals surface area contributed by atoms with Gasteiger partial charge in [0.2, 0.25) is 0 Å². The number of pyridine rings is 1. The molecule has 4 bridgehead atoms. The maximum absolute atomic E-state index is 13.4. The van der Waals surface area contributed by atoms with Gasteiger partial charge in [0.25, 0.3) is 0 Å². The second kappa shape index (κ2) is 12.1. The number of Topliss-reactive ketones (excluding diaryl/α,β-unsaturated/α-hetero) is 1. The van der Waals surface area contributed by atoms with Crippen LogP contribution < -0.4 is 10.2 Å². The minimum atomic E-state index is 0.0405. The number of aryl methyl sites for hydroxylation is 1. The molecule has 1 aromatic carbocycles. The number of nitrogens with zero attached hydrogens (tertiary/aromatic N) is 3. The Hall–Kier alpha value is -3.16. The molecule has 6 rings (SSSR count). The minimum Gasteiger partial charge on any atom is -0.497 e. The molecule has 1 saturated carbocycles. The van der Waals surface area contributed by atoms with Gasteiger partial charge in [0.1, 0.15) is 18.1 Å². The molecular formula is C36H49N4O3+. The lowest BCUT2D eigenvalue weighted by Crippen LogP contribution is -2.45. The summed E-state index contributed by atoms with van der Waals surface area (Å²) in [6.07, 6.45) is 8.82. The van der Waals surface area contributed by atoms with Crippen molar-refractivity contribution in [1.82, 2.24) is 4.98 Å². The van der Waals surface area contributed by atoms with E-state index in [4.69, 9.17) is 9.72 Å². The van der Waals surface area contributed by atoms with Crippen LogP contribution in [-0.4, -0.2) is 60.7 Å². The fourth-order valence-electron chi connectivity index (χ4n) is 7.48. The first-order chi connectivity index (χ1) is 20.6. The molecule has 4 aliphatic rings. The van der Waals surface area contributed by atoms with Crippen LogP contribution in [0.15, 0.2) is 41.9 Å². The standard InChI is InChI=1S/C36H49N4O3/c1-23(2)29-18-33-32(17-28(29)21-41)38-36-9-7-6-8-34(42)27-14-24(3)37-31(16-27)30-20-40(4,5)13-12-35(30)43-22-26-11-10-25(15-26)19-39(33)36/h9,14,16-18,23,25-26,38,41H,6-8,10-13,15,19-22H2,1-5H3/q+1/b36-9-. The van der Waals surface area contributed by atoms with Crippen LogP contribution in [0, 0.1) is 18.8 Å². The quantitative estimate of drug-likeness (QED) is 0.379. The highest BCUT2D eigenvalue weighted by Gasteiger charge is 2.34. The molecule has 2 atom stereocenters. The number of quaternary nitrogens is 1. The highest BCUT2D eigenvalue weighted by Crippen LogP contribution is 2.43. The van der Waals surface area contributed by atoms with E-state index >= 15 is 0 Å². The van der Waals surface area contributed by atoms with E-state index in [2.05, 4.69) is 56.4 Å². The topological polar surface area (TPSA) is 74.7 Å². The third-order valence-corrected chi connectivity index (χ3v) is 9.88. The van der Waals surface area contributed by atoms with Gasteiger partial charge < -0.3 is 24.5 Å². The molecule has 1 aliphatic carbocycles. The second-order valence-electron chi connectivity index (χ2n) is 14.2. The lowest BCUT2D eigenvalue weighted by atomic mass is 9.95. The smallest absolute Gasteiger partial charge is 0.163 e. The Labute approximate surface area is 257 Å². The van der Waals surface area contributed by atoms with Crippen LogP contribution in [0.5, 0.6) is 0 Å². The maximum atomic E-state index is 13.4. The highest BCUT2D eigenvalue weighted by molar-refractivity contribution is 5.96. The SMILES string of the molecule is Cc1cc2cc(n1)C1=C(CC[N+](C)(C)C1)OCC1CCC(C1)CN1/C(=C\CCCC2=O)Nc2cc(CO)c(C(C)C)cc21. The van der Waals surface area contributed by atoms with Crippen molar-refractivity contribution in [2.45, 2.75) is 78.2 Å². The molecule has 0 saturated heterocycles. The maximum Gasteiger partial charge on any atom is 0.163 e. The molecule has 7 nitrogen and oxygen atoms in total. The molecule has 4 heterocycles. The summed E-state index contributed by atoms with van der Waals surface area (Å²) in [7, 11) is 4.53. The molecular weight excluding hydrogens is 536 g/mol. The van der Waals surface area contributed by atoms with Crippen molar-refractivity contribution < 1.29 is 19.1 Å². The lowest BCUT2D eigenvalue weighted by Gasteiger charge is -2.36. The van der Waals surface area contributed by atoms with Crippen molar-refractivity contribution >= 4 is 22.7 Å². The molecule has 0 amide bonds. The Kier molecular flexibility index (Phi) is 8.40. The van der Waals surface area contributed by atoms with Crippen molar-refractivity contribution in [3.8, 4) is 0 Å². The van der Waals surface area contributed by atoms with Crippen LogP contribution in [0.1, 0.15) is 97.6 Å². The fourth-order valence-corrected chi connectivity index (χ4v) is 7.48. The van der Waals surface area contributed by atoms with Crippen molar-refractivity contribution in [3.63, 3.8) is 0 Å². The van der Waals surface area contributed by atoms with E-state index in [0.29, 0.717) is 24.2 Å². The molecule has 1 aromatic heterocycles. The number of fused-ring (bicyclic) bond motifs is 8. The summed E-state index contributed by atoms with van der Waals surface area (Å²) in [5.41, 5.74) is 8.17. The van der Waals surface area contributed by atoms with E-state index in [0.717, 1.165) is 96.2 Å². The number of nitrogens with one attached hydrogen (secondary N) is 1. The van der Waals surface area contributed by atoms with Gasteiger partial charge in [-0.2, -0.15) is 0 Å². The molecule has 7 heteroatoms. The third kappa shape index (κ3) is 6.39. The Morgan fingerprint density at radius 2 is 1.95 bits per heavy atom. The van der Waals surface area contributed by atoms with E-state index in [9.17, 15) is 9.90 Å². The number of aliphatic hydroxyl groups is 1. The molecule has 2 N–H and O–H groups in total. The Bertz CT molecular complexity index is 1460. The second-order valence-corrected chi connectivity index (χ2v) is 14.2. The van der Waals surface area contributed by atoms with Gasteiger partial charge >= 0.3 is 0 Å². The average Bonchev–Trinajstić information content (AvgIpc) is 3.56. The van der Waals surface area contributed by atoms with Gasteiger partial charge in [-0.25, -0.2) is 0 Å². The molecule has 230 valence electrons. The molecule has 2 aromatic rings. The normalized spacial score (nSPS) is 25.1. The Morgan fingerprint density at radius 3 is 2.74 bits per heavy atom. The summed E-state index contributed by atoms with van der Waals surface area (Å²) in [6, 6.07) is 8.36. The summed E-state index contributed by atoms with van der Waals surface area (Å²) in [4.78, 5) is 20.8. The minimum absolute atomic E-state index is 0.0405. The predicted molar refractivity (Wildman–Crippen MR) is 173 cm³/mol. The van der Waals surface area contributed by atoms with Gasteiger partial charge in [0.05, 0.1) is 62.9 Å². The number of allylic oxidation sites excluding steroid dienone is 1. The molecule has 1 fully saturated rings. The van der Waals surface area contributed by atoms with Gasteiger partial charge in [-0.1, -0.05) is 13.8 Å². The number of hydrogen-bond donors (Lipinski definition) is 2. The van der Waals surface area contributed by atoms with Gasteiger partial charge in [-0.15, -0.1) is 0 Å². The first-order valence-corrected chi connectivity index (χ1v) is 16.3. The predicted octanol–water partition coefficient (Wildman–Crippen LogP) is 6.77. The summed E-state index contributed by atoms with van der Waals surface area (Å²) < 4.78 is 7.57. The number of ketones is 1. The van der Waals surface area contributed by atoms with E-state index in [1.807, 2.05) is 19.1 Å². The average molecular weight is 586 g/mol. The van der Waals surface area contributed by atoms with E-state index < -0.39 is 0 Å². The zero-order valence-corrected chi connectivity index (χ0v) is 26.7. The molecule has 43 heavy (non-hydrogen) atoms. The van der Waals surface area contributed by atoms with Crippen molar-refractivity contribution in [2.24, 2.45) is 11.8 Å². The number of carbonyl (C=O) groups is 1. The monoisotopic (exact) mass is 585 g/mol. The summed E-state index contributed by atoms with van der Waals surface area (Å²) in [5.74, 6) is 3.80.